The van der Waals surface area contributed by atoms with Crippen LogP contribution in [0, 0.1) is 6.92 Å². The molecule has 1 aliphatic heterocycles. The van der Waals surface area contributed by atoms with Crippen LogP contribution >= 0.6 is 23.5 Å². The van der Waals surface area contributed by atoms with Crippen LogP contribution in [0.25, 0.3) is 10.4 Å². The maximum absolute atomic E-state index is 12.0. The molecule has 0 aliphatic carbocycles. The molecule has 0 saturated carbocycles. The monoisotopic (exact) mass is 608 g/mol. The summed E-state index contributed by atoms with van der Waals surface area (Å²) in [4.78, 5) is 66.1. The highest BCUT2D eigenvalue weighted by atomic mass is 31.3. The first-order valence-corrected chi connectivity index (χ1v) is 15.5. The number of aromatic amines is 1. The molecule has 0 aromatic carbocycles. The van der Waals surface area contributed by atoms with Crippen molar-refractivity contribution in [3.63, 3.8) is 0 Å². The first kappa shape index (κ1) is 34.3. The van der Waals surface area contributed by atoms with Gasteiger partial charge in [-0.25, -0.2) is 18.5 Å². The SMILES string of the molecule is CCN(CC)CC.Cc1cn([C@H]2C[C@H](N=[N+]=[N-])[C@@H](COP(=O)(O)OP(=O)(O)OP(=O)(O)O)O2)c(=O)[nH]c1=O. The van der Waals surface area contributed by atoms with Gasteiger partial charge in [0.15, 0.2) is 0 Å². The van der Waals surface area contributed by atoms with E-state index in [0.29, 0.717) is 0 Å². The fourth-order valence-corrected chi connectivity index (χ4v) is 6.20. The lowest BCUT2D eigenvalue weighted by Gasteiger charge is -2.19. The Balaban J connectivity index is 0.000000905. The summed E-state index contributed by atoms with van der Waals surface area (Å²) < 4.78 is 51.8. The van der Waals surface area contributed by atoms with Crippen molar-refractivity contribution >= 4 is 23.5 Å². The largest absolute Gasteiger partial charge is 0.490 e. The lowest BCUT2D eigenvalue weighted by molar-refractivity contribution is -0.0267. The second kappa shape index (κ2) is 14.6. The molecule has 19 nitrogen and oxygen atoms in total. The third-order valence-electron chi connectivity index (χ3n) is 5.02. The van der Waals surface area contributed by atoms with Crippen LogP contribution in [0.4, 0.5) is 0 Å². The van der Waals surface area contributed by atoms with Crippen LogP contribution in [0.5, 0.6) is 0 Å². The van der Waals surface area contributed by atoms with E-state index in [1.165, 1.54) is 32.8 Å². The van der Waals surface area contributed by atoms with E-state index in [2.05, 4.69) is 48.8 Å². The number of aryl methyl sites for hydroxylation is 1. The molecular weight excluding hydrogens is 577 g/mol. The molecule has 2 rings (SSSR count). The van der Waals surface area contributed by atoms with Crippen LogP contribution < -0.4 is 11.2 Å². The van der Waals surface area contributed by atoms with Crippen molar-refractivity contribution in [2.45, 2.75) is 52.5 Å². The minimum absolute atomic E-state index is 0.111. The lowest BCUT2D eigenvalue weighted by Crippen LogP contribution is -2.33. The van der Waals surface area contributed by atoms with Gasteiger partial charge in [0.25, 0.3) is 5.56 Å². The van der Waals surface area contributed by atoms with E-state index < -0.39 is 59.7 Å². The Bertz CT molecular complexity index is 1230. The Morgan fingerprint density at radius 2 is 1.71 bits per heavy atom. The van der Waals surface area contributed by atoms with E-state index in [-0.39, 0.29) is 12.0 Å². The zero-order valence-electron chi connectivity index (χ0n) is 20.9. The minimum Gasteiger partial charge on any atom is -0.352 e. The second-order valence-corrected chi connectivity index (χ2v) is 12.0. The van der Waals surface area contributed by atoms with Gasteiger partial charge in [-0.3, -0.25) is 18.9 Å². The maximum Gasteiger partial charge on any atom is 0.490 e. The number of rotatable bonds is 12. The van der Waals surface area contributed by atoms with E-state index in [1.54, 1.807) is 0 Å². The summed E-state index contributed by atoms with van der Waals surface area (Å²) >= 11 is 0. The molecule has 1 saturated heterocycles. The third kappa shape index (κ3) is 11.6. The van der Waals surface area contributed by atoms with Crippen molar-refractivity contribution in [3.8, 4) is 0 Å². The molecule has 0 bridgehead atoms. The number of H-pyrrole nitrogens is 1. The van der Waals surface area contributed by atoms with Gasteiger partial charge in [-0.1, -0.05) is 25.9 Å². The van der Waals surface area contributed by atoms with Gasteiger partial charge in [0.05, 0.1) is 18.8 Å². The summed E-state index contributed by atoms with van der Waals surface area (Å²) in [6.45, 7) is 10.7. The Kier molecular flexibility index (Phi) is 13.2. The fourth-order valence-electron chi connectivity index (χ4n) is 3.17. The number of phosphoric ester groups is 1. The van der Waals surface area contributed by atoms with Gasteiger partial charge in [0, 0.05) is 23.1 Å². The molecule has 22 heteroatoms. The molecule has 0 spiro atoms. The van der Waals surface area contributed by atoms with E-state index in [9.17, 15) is 28.2 Å². The van der Waals surface area contributed by atoms with Crippen LogP contribution in [-0.2, 0) is 31.6 Å². The quantitative estimate of drug-likeness (QED) is 0.0973. The fraction of sp³-hybridized carbons (Fsp3) is 0.750. The van der Waals surface area contributed by atoms with Gasteiger partial charge in [-0.2, -0.15) is 8.62 Å². The average Bonchev–Trinajstić information content (AvgIpc) is 3.17. The second-order valence-electron chi connectivity index (χ2n) is 7.62. The van der Waals surface area contributed by atoms with Crippen molar-refractivity contribution in [1.82, 2.24) is 14.5 Å². The van der Waals surface area contributed by atoms with Crippen LogP contribution in [0.3, 0.4) is 0 Å². The Morgan fingerprint density at radius 1 is 1.13 bits per heavy atom. The van der Waals surface area contributed by atoms with Crippen LogP contribution in [-0.4, -0.2) is 72.4 Å². The van der Waals surface area contributed by atoms with E-state index in [1.807, 2.05) is 4.98 Å². The predicted octanol–water partition coefficient (Wildman–Crippen LogP) is 1.50. The van der Waals surface area contributed by atoms with Gasteiger partial charge >= 0.3 is 29.2 Å². The van der Waals surface area contributed by atoms with Gasteiger partial charge in [-0.15, -0.1) is 0 Å². The van der Waals surface area contributed by atoms with Crippen LogP contribution in [0.1, 0.15) is 39.0 Å². The number of hydrogen-bond acceptors (Lipinski definition) is 11. The number of nitrogens with one attached hydrogen (secondary N) is 1. The van der Waals surface area contributed by atoms with Crippen LogP contribution in [0.15, 0.2) is 20.9 Å². The van der Waals surface area contributed by atoms with Gasteiger partial charge in [-0.05, 0) is 32.1 Å². The van der Waals surface area contributed by atoms with Gasteiger partial charge in [0.1, 0.15) is 6.23 Å². The molecular formula is C16H31N6O13P3. The molecule has 5 atom stereocenters. The zero-order chi connectivity index (χ0) is 29.3. The molecule has 1 fully saturated rings. The summed E-state index contributed by atoms with van der Waals surface area (Å²) in [5.74, 6) is 0. The third-order valence-corrected chi connectivity index (χ3v) is 8.82. The number of hydrogen-bond donors (Lipinski definition) is 5. The molecule has 5 N–H and O–H groups in total. The summed E-state index contributed by atoms with van der Waals surface area (Å²) in [5.41, 5.74) is 7.38. The molecule has 38 heavy (non-hydrogen) atoms. The molecule has 1 aromatic rings. The molecule has 218 valence electrons. The first-order chi connectivity index (χ1) is 17.5. The van der Waals surface area contributed by atoms with E-state index in [4.69, 9.17) is 24.9 Å². The van der Waals surface area contributed by atoms with E-state index in [0.717, 1.165) is 4.57 Å². The number of nitrogens with zero attached hydrogens (tertiary/aromatic N) is 5. The summed E-state index contributed by atoms with van der Waals surface area (Å²) in [6, 6.07) is -1.04. The van der Waals surface area contributed by atoms with Crippen molar-refractivity contribution in [2.24, 2.45) is 5.11 Å². The average molecular weight is 608 g/mol. The molecule has 2 unspecified atom stereocenters. The Labute approximate surface area is 216 Å². The molecule has 2 heterocycles. The van der Waals surface area contributed by atoms with Crippen molar-refractivity contribution < 1.29 is 51.2 Å². The van der Waals surface area contributed by atoms with Crippen molar-refractivity contribution in [2.75, 3.05) is 26.2 Å². The van der Waals surface area contributed by atoms with E-state index >= 15 is 0 Å². The minimum atomic E-state index is -5.70. The predicted molar refractivity (Wildman–Crippen MR) is 131 cm³/mol. The topological polar surface area (TPSA) is 276 Å². The number of phosphoric acid groups is 3. The first-order valence-electron chi connectivity index (χ1n) is 11.0. The molecule has 1 aromatic heterocycles. The highest BCUT2D eigenvalue weighted by Crippen LogP contribution is 2.66. The van der Waals surface area contributed by atoms with Gasteiger partial charge in [0.2, 0.25) is 0 Å². The lowest BCUT2D eigenvalue weighted by atomic mass is 10.1. The summed E-state index contributed by atoms with van der Waals surface area (Å²) in [5, 5.41) is 3.42. The van der Waals surface area contributed by atoms with Crippen molar-refractivity contribution in [3.05, 3.63) is 43.0 Å². The normalized spacial score (nSPS) is 22.6. The maximum atomic E-state index is 12.0. The number of azide groups is 1. The summed E-state index contributed by atoms with van der Waals surface area (Å²) in [7, 11) is -16.7. The van der Waals surface area contributed by atoms with Crippen molar-refractivity contribution in [1.29, 1.82) is 0 Å². The Morgan fingerprint density at radius 3 is 2.18 bits per heavy atom. The number of aromatic nitrogens is 2. The Hall–Kier alpha value is -1.68. The standard InChI is InChI=1S/C10H16N5O13P3.C6H15N/c1-5-3-15(10(17)12-9(5)16)8-2-6(13-14-11)7(26-8)4-25-30(21,22)28-31(23,24)27-29(18,19)20;1-4-7(5-2)6-3/h3,6-8H,2,4H2,1H3,(H,21,22)(H,23,24)(H,12,16,17)(H2,18,19,20);4-6H2,1-3H3/t6-,7+,8+;/m0./s1. The van der Waals surface area contributed by atoms with Crippen LogP contribution in [0.2, 0.25) is 0 Å². The molecule has 0 radical (unpaired) electrons. The smallest absolute Gasteiger partial charge is 0.352 e. The highest BCUT2D eigenvalue weighted by molar-refractivity contribution is 7.66. The highest BCUT2D eigenvalue weighted by Gasteiger charge is 2.43. The zero-order valence-corrected chi connectivity index (χ0v) is 23.6. The molecule has 1 aliphatic rings. The number of ether oxygens (including phenoxy) is 1. The summed E-state index contributed by atoms with van der Waals surface area (Å²) in [6.07, 6.45) is -1.26. The van der Waals surface area contributed by atoms with Gasteiger partial charge < -0.3 is 29.2 Å². The molecule has 0 amide bonds.